The number of benzene rings is 1. The van der Waals surface area contributed by atoms with Gasteiger partial charge in [0.25, 0.3) is 0 Å². The van der Waals surface area contributed by atoms with Gasteiger partial charge in [0, 0.05) is 10.7 Å². The summed E-state index contributed by atoms with van der Waals surface area (Å²) in [7, 11) is 0. The van der Waals surface area contributed by atoms with E-state index in [4.69, 9.17) is 16.0 Å². The quantitative estimate of drug-likeness (QED) is 0.844. The van der Waals surface area contributed by atoms with Crippen LogP contribution in [-0.2, 0) is 0 Å². The van der Waals surface area contributed by atoms with Crippen LogP contribution in [0.15, 0.2) is 41.1 Å². The molecule has 16 heavy (non-hydrogen) atoms. The van der Waals surface area contributed by atoms with E-state index in [0.29, 0.717) is 10.7 Å². The summed E-state index contributed by atoms with van der Waals surface area (Å²) in [4.78, 5) is 15.2. The van der Waals surface area contributed by atoms with Gasteiger partial charge in [-0.1, -0.05) is 11.6 Å². The minimum absolute atomic E-state index is 0.145. The zero-order valence-electron chi connectivity index (χ0n) is 8.11. The van der Waals surface area contributed by atoms with E-state index in [1.54, 1.807) is 24.3 Å². The molecule has 0 radical (unpaired) electrons. The maximum absolute atomic E-state index is 11.4. The van der Waals surface area contributed by atoms with E-state index in [1.807, 2.05) is 0 Å². The Hall–Kier alpha value is -2.01. The first kappa shape index (κ1) is 10.5. The summed E-state index contributed by atoms with van der Waals surface area (Å²) < 4.78 is 4.86. The summed E-state index contributed by atoms with van der Waals surface area (Å²) in [5.41, 5.74) is 0.633. The predicted octanol–water partition coefficient (Wildman–Crippen LogP) is 2.97. The number of carbonyl (C=O) groups is 1. The number of nitrogens with zero attached hydrogens (tertiary/aromatic N) is 1. The Kier molecular flexibility index (Phi) is 3.07. The highest BCUT2D eigenvalue weighted by atomic mass is 35.5. The Morgan fingerprint density at radius 1 is 1.25 bits per heavy atom. The Labute approximate surface area is 96.4 Å². The van der Waals surface area contributed by atoms with Crippen molar-refractivity contribution < 1.29 is 9.21 Å². The van der Waals surface area contributed by atoms with E-state index in [1.165, 1.54) is 12.5 Å². The van der Waals surface area contributed by atoms with Crippen LogP contribution >= 0.6 is 11.6 Å². The van der Waals surface area contributed by atoms with Crippen molar-refractivity contribution >= 4 is 29.3 Å². The molecule has 2 amide bonds. The van der Waals surface area contributed by atoms with Gasteiger partial charge in [0.2, 0.25) is 0 Å². The third kappa shape index (κ3) is 2.74. The number of aromatic nitrogens is 1. The largest absolute Gasteiger partial charge is 0.432 e. The summed E-state index contributed by atoms with van der Waals surface area (Å²) in [5, 5.41) is 5.63. The highest BCUT2D eigenvalue weighted by Crippen LogP contribution is 2.13. The molecule has 2 aromatic rings. The molecule has 0 unspecified atom stereocenters. The molecule has 1 aromatic carbocycles. The van der Waals surface area contributed by atoms with Crippen molar-refractivity contribution in [2.75, 3.05) is 10.6 Å². The van der Waals surface area contributed by atoms with Crippen LogP contribution < -0.4 is 10.6 Å². The lowest BCUT2D eigenvalue weighted by molar-refractivity contribution is 0.261. The van der Waals surface area contributed by atoms with Crippen molar-refractivity contribution in [3.8, 4) is 0 Å². The van der Waals surface area contributed by atoms with E-state index >= 15 is 0 Å². The Balaban J connectivity index is 1.95. The average Bonchev–Trinajstić information content (AvgIpc) is 2.74. The first-order valence-electron chi connectivity index (χ1n) is 4.47. The SMILES string of the molecule is O=C(Nc1ccc(Cl)cc1)Nc1ncco1. The standard InChI is InChI=1S/C10H8ClN3O2/c11-7-1-3-8(4-2-7)13-9(15)14-10-12-5-6-16-10/h1-6H,(H2,12,13,14,15). The number of anilines is 2. The number of halogens is 1. The van der Waals surface area contributed by atoms with Crippen LogP contribution in [0.1, 0.15) is 0 Å². The van der Waals surface area contributed by atoms with Crippen LogP contribution in [0.4, 0.5) is 16.5 Å². The molecule has 5 nitrogen and oxygen atoms in total. The fraction of sp³-hybridized carbons (Fsp3) is 0. The molecule has 0 aliphatic heterocycles. The van der Waals surface area contributed by atoms with Crippen LogP contribution in [0.25, 0.3) is 0 Å². The molecule has 0 fully saturated rings. The maximum Gasteiger partial charge on any atom is 0.327 e. The van der Waals surface area contributed by atoms with E-state index < -0.39 is 6.03 Å². The van der Waals surface area contributed by atoms with Crippen molar-refractivity contribution in [3.05, 3.63) is 41.7 Å². The Bertz CT molecular complexity index is 467. The predicted molar refractivity (Wildman–Crippen MR) is 60.6 cm³/mol. The van der Waals surface area contributed by atoms with Crippen LogP contribution in [0.5, 0.6) is 0 Å². The molecule has 1 heterocycles. The number of amides is 2. The van der Waals surface area contributed by atoms with Crippen LogP contribution in [0, 0.1) is 0 Å². The van der Waals surface area contributed by atoms with E-state index in [2.05, 4.69) is 15.6 Å². The van der Waals surface area contributed by atoms with E-state index in [9.17, 15) is 4.79 Å². The Morgan fingerprint density at radius 3 is 2.62 bits per heavy atom. The van der Waals surface area contributed by atoms with Crippen molar-refractivity contribution in [2.24, 2.45) is 0 Å². The molecule has 0 aliphatic carbocycles. The third-order valence-corrected chi connectivity index (χ3v) is 2.01. The molecule has 1 aromatic heterocycles. The van der Waals surface area contributed by atoms with Crippen molar-refractivity contribution in [1.82, 2.24) is 4.98 Å². The molecular weight excluding hydrogens is 230 g/mol. The molecule has 0 atom stereocenters. The molecular formula is C10H8ClN3O2. The molecule has 82 valence electrons. The van der Waals surface area contributed by atoms with Gasteiger partial charge < -0.3 is 9.73 Å². The van der Waals surface area contributed by atoms with E-state index in [-0.39, 0.29) is 6.01 Å². The zero-order valence-corrected chi connectivity index (χ0v) is 8.86. The second-order valence-electron chi connectivity index (χ2n) is 2.92. The van der Waals surface area contributed by atoms with Crippen molar-refractivity contribution in [1.29, 1.82) is 0 Å². The lowest BCUT2D eigenvalue weighted by Gasteiger charge is -2.04. The van der Waals surface area contributed by atoms with Gasteiger partial charge in [-0.15, -0.1) is 0 Å². The van der Waals surface area contributed by atoms with Gasteiger partial charge in [-0.25, -0.2) is 9.78 Å². The fourth-order valence-electron chi connectivity index (χ4n) is 1.08. The lowest BCUT2D eigenvalue weighted by atomic mass is 10.3. The maximum atomic E-state index is 11.4. The smallest absolute Gasteiger partial charge is 0.327 e. The van der Waals surface area contributed by atoms with Gasteiger partial charge in [-0.05, 0) is 24.3 Å². The molecule has 0 saturated heterocycles. The minimum atomic E-state index is -0.426. The average molecular weight is 238 g/mol. The topological polar surface area (TPSA) is 67.2 Å². The van der Waals surface area contributed by atoms with Gasteiger partial charge in [-0.2, -0.15) is 0 Å². The van der Waals surface area contributed by atoms with Crippen molar-refractivity contribution in [2.45, 2.75) is 0 Å². The molecule has 0 bridgehead atoms. The van der Waals surface area contributed by atoms with Gasteiger partial charge in [0.15, 0.2) is 0 Å². The first-order chi connectivity index (χ1) is 7.74. The van der Waals surface area contributed by atoms with Crippen LogP contribution in [0.2, 0.25) is 5.02 Å². The number of oxazole rings is 1. The van der Waals surface area contributed by atoms with E-state index in [0.717, 1.165) is 0 Å². The summed E-state index contributed by atoms with van der Waals surface area (Å²) in [6.07, 6.45) is 2.82. The number of rotatable bonds is 2. The third-order valence-electron chi connectivity index (χ3n) is 1.75. The highest BCUT2D eigenvalue weighted by Gasteiger charge is 2.04. The summed E-state index contributed by atoms with van der Waals surface area (Å²) in [6, 6.07) is 6.47. The first-order valence-corrected chi connectivity index (χ1v) is 4.85. The molecule has 0 aliphatic rings. The summed E-state index contributed by atoms with van der Waals surface area (Å²) >= 11 is 5.71. The highest BCUT2D eigenvalue weighted by molar-refractivity contribution is 6.30. The van der Waals surface area contributed by atoms with Gasteiger partial charge in [-0.3, -0.25) is 5.32 Å². The van der Waals surface area contributed by atoms with Gasteiger partial charge in [0.1, 0.15) is 6.26 Å². The molecule has 6 heteroatoms. The fourth-order valence-corrected chi connectivity index (χ4v) is 1.20. The molecule has 2 rings (SSSR count). The molecule has 0 spiro atoms. The second-order valence-corrected chi connectivity index (χ2v) is 3.36. The van der Waals surface area contributed by atoms with Crippen LogP contribution in [0.3, 0.4) is 0 Å². The number of hydrogen-bond donors (Lipinski definition) is 2. The molecule has 2 N–H and O–H groups in total. The lowest BCUT2D eigenvalue weighted by Crippen LogP contribution is -2.19. The zero-order chi connectivity index (χ0) is 11.4. The van der Waals surface area contributed by atoms with Gasteiger partial charge >= 0.3 is 12.0 Å². The Morgan fingerprint density at radius 2 is 2.00 bits per heavy atom. The monoisotopic (exact) mass is 237 g/mol. The minimum Gasteiger partial charge on any atom is -0.432 e. The van der Waals surface area contributed by atoms with Crippen molar-refractivity contribution in [3.63, 3.8) is 0 Å². The number of carbonyl (C=O) groups excluding carboxylic acids is 1. The summed E-state index contributed by atoms with van der Waals surface area (Å²) in [5.74, 6) is 0. The number of hydrogen-bond acceptors (Lipinski definition) is 3. The van der Waals surface area contributed by atoms with Crippen LogP contribution in [-0.4, -0.2) is 11.0 Å². The number of nitrogens with one attached hydrogen (secondary N) is 2. The molecule has 0 saturated carbocycles. The second kappa shape index (κ2) is 4.67. The summed E-state index contributed by atoms with van der Waals surface area (Å²) in [6.45, 7) is 0. The normalized spacial score (nSPS) is 9.81. The number of urea groups is 1. The van der Waals surface area contributed by atoms with Gasteiger partial charge in [0.05, 0.1) is 6.20 Å².